The molecule has 18 heavy (non-hydrogen) atoms. The van der Waals surface area contributed by atoms with Crippen molar-refractivity contribution in [2.75, 3.05) is 11.9 Å². The minimum absolute atomic E-state index is 0.00560. The van der Waals surface area contributed by atoms with Gasteiger partial charge in [0.1, 0.15) is 5.82 Å². The summed E-state index contributed by atoms with van der Waals surface area (Å²) >= 11 is 3.03. The molecule has 0 saturated carbocycles. The second-order valence-corrected chi connectivity index (χ2v) is 5.03. The van der Waals surface area contributed by atoms with E-state index in [1.165, 1.54) is 12.1 Å². The van der Waals surface area contributed by atoms with Gasteiger partial charge in [-0.25, -0.2) is 9.18 Å². The summed E-state index contributed by atoms with van der Waals surface area (Å²) in [6.45, 7) is 3.61. The van der Waals surface area contributed by atoms with E-state index in [-0.39, 0.29) is 18.6 Å². The van der Waals surface area contributed by atoms with Crippen LogP contribution in [0.25, 0.3) is 0 Å². The van der Waals surface area contributed by atoms with Crippen molar-refractivity contribution in [1.82, 2.24) is 5.32 Å². The van der Waals surface area contributed by atoms with Gasteiger partial charge in [-0.3, -0.25) is 0 Å². The predicted octanol–water partition coefficient (Wildman–Crippen LogP) is 2.73. The highest BCUT2D eigenvalue weighted by molar-refractivity contribution is 9.10. The smallest absolute Gasteiger partial charge is 0.319 e. The van der Waals surface area contributed by atoms with Crippen molar-refractivity contribution in [1.29, 1.82) is 0 Å². The Morgan fingerprint density at radius 1 is 1.50 bits per heavy atom. The molecule has 6 heteroatoms. The highest BCUT2D eigenvalue weighted by Crippen LogP contribution is 2.19. The van der Waals surface area contributed by atoms with Crippen molar-refractivity contribution >= 4 is 27.6 Å². The Hall–Kier alpha value is -1.14. The number of carbonyl (C=O) groups is 1. The van der Waals surface area contributed by atoms with E-state index < -0.39 is 11.8 Å². The van der Waals surface area contributed by atoms with Gasteiger partial charge in [0.15, 0.2) is 0 Å². The monoisotopic (exact) mass is 318 g/mol. The lowest BCUT2D eigenvalue weighted by Crippen LogP contribution is -2.40. The van der Waals surface area contributed by atoms with Crippen LogP contribution in [0.2, 0.25) is 0 Å². The molecule has 0 bridgehead atoms. The maximum atomic E-state index is 13.2. The lowest BCUT2D eigenvalue weighted by molar-refractivity contribution is 0.204. The van der Waals surface area contributed by atoms with Crippen molar-refractivity contribution in [3.05, 3.63) is 28.5 Å². The molecule has 4 nitrogen and oxygen atoms in total. The maximum Gasteiger partial charge on any atom is 0.319 e. The van der Waals surface area contributed by atoms with Gasteiger partial charge >= 0.3 is 6.03 Å². The molecule has 2 amide bonds. The summed E-state index contributed by atoms with van der Waals surface area (Å²) in [6, 6.07) is 3.74. The SMILES string of the molecule is CC(CO)C(C)NC(=O)Nc1ccc(Br)c(F)c1. The van der Waals surface area contributed by atoms with Gasteiger partial charge in [0.05, 0.1) is 4.47 Å². The van der Waals surface area contributed by atoms with Crippen molar-refractivity contribution < 1.29 is 14.3 Å². The molecule has 3 N–H and O–H groups in total. The van der Waals surface area contributed by atoms with Crippen LogP contribution in [-0.2, 0) is 0 Å². The summed E-state index contributed by atoms with van der Waals surface area (Å²) in [5.74, 6) is -0.484. The molecule has 0 saturated heterocycles. The Kier molecular flexibility index (Phi) is 5.55. The molecule has 2 unspecified atom stereocenters. The minimum Gasteiger partial charge on any atom is -0.396 e. The Morgan fingerprint density at radius 2 is 2.17 bits per heavy atom. The van der Waals surface area contributed by atoms with Gasteiger partial charge < -0.3 is 15.7 Å². The number of rotatable bonds is 4. The fourth-order valence-electron chi connectivity index (χ4n) is 1.25. The van der Waals surface area contributed by atoms with Gasteiger partial charge in [-0.1, -0.05) is 6.92 Å². The zero-order valence-electron chi connectivity index (χ0n) is 10.2. The molecule has 0 heterocycles. The number of amides is 2. The average Bonchev–Trinajstić information content (AvgIpc) is 2.32. The Morgan fingerprint density at radius 3 is 2.72 bits per heavy atom. The second kappa shape index (κ2) is 6.70. The third-order valence-corrected chi connectivity index (χ3v) is 3.32. The van der Waals surface area contributed by atoms with E-state index in [2.05, 4.69) is 26.6 Å². The van der Waals surface area contributed by atoms with Crippen LogP contribution in [0.5, 0.6) is 0 Å². The van der Waals surface area contributed by atoms with Crippen LogP contribution in [0.1, 0.15) is 13.8 Å². The van der Waals surface area contributed by atoms with Crippen LogP contribution in [0.15, 0.2) is 22.7 Å². The molecule has 0 aliphatic rings. The summed E-state index contributed by atoms with van der Waals surface area (Å²) in [5, 5.41) is 14.1. The quantitative estimate of drug-likeness (QED) is 0.799. The fraction of sp³-hybridized carbons (Fsp3) is 0.417. The number of hydrogen-bond acceptors (Lipinski definition) is 2. The van der Waals surface area contributed by atoms with Crippen LogP contribution < -0.4 is 10.6 Å². The van der Waals surface area contributed by atoms with Gasteiger partial charge in [0.25, 0.3) is 0 Å². The second-order valence-electron chi connectivity index (χ2n) is 4.18. The number of hydrogen-bond donors (Lipinski definition) is 3. The lowest BCUT2D eigenvalue weighted by Gasteiger charge is -2.19. The van der Waals surface area contributed by atoms with Crippen LogP contribution in [-0.4, -0.2) is 23.8 Å². The van der Waals surface area contributed by atoms with Crippen molar-refractivity contribution in [2.45, 2.75) is 19.9 Å². The number of benzene rings is 1. The van der Waals surface area contributed by atoms with Gasteiger partial charge in [0, 0.05) is 18.3 Å². The summed E-state index contributed by atoms with van der Waals surface area (Å²) in [4.78, 5) is 11.6. The van der Waals surface area contributed by atoms with E-state index in [1.54, 1.807) is 13.0 Å². The Bertz CT molecular complexity index is 429. The topological polar surface area (TPSA) is 61.4 Å². The largest absolute Gasteiger partial charge is 0.396 e. The van der Waals surface area contributed by atoms with Crippen LogP contribution >= 0.6 is 15.9 Å². The number of halogens is 2. The molecule has 1 aromatic rings. The molecule has 0 spiro atoms. The average molecular weight is 319 g/mol. The van der Waals surface area contributed by atoms with Gasteiger partial charge in [0.2, 0.25) is 0 Å². The van der Waals surface area contributed by atoms with E-state index in [9.17, 15) is 9.18 Å². The molecule has 1 aromatic carbocycles. The molecule has 0 fully saturated rings. The first-order valence-electron chi connectivity index (χ1n) is 5.57. The van der Waals surface area contributed by atoms with E-state index >= 15 is 0 Å². The number of anilines is 1. The highest BCUT2D eigenvalue weighted by Gasteiger charge is 2.14. The molecule has 0 aliphatic carbocycles. The Balaban J connectivity index is 2.57. The van der Waals surface area contributed by atoms with Crippen LogP contribution in [0, 0.1) is 11.7 Å². The zero-order valence-corrected chi connectivity index (χ0v) is 11.8. The molecule has 2 atom stereocenters. The molecular formula is C12H16BrFN2O2. The normalized spacial score (nSPS) is 13.8. The summed E-state index contributed by atoms with van der Waals surface area (Å²) in [6.07, 6.45) is 0. The van der Waals surface area contributed by atoms with E-state index in [1.807, 2.05) is 6.92 Å². The van der Waals surface area contributed by atoms with Crippen LogP contribution in [0.4, 0.5) is 14.9 Å². The number of carbonyl (C=O) groups excluding carboxylic acids is 1. The lowest BCUT2D eigenvalue weighted by atomic mass is 10.1. The molecule has 0 aromatic heterocycles. The van der Waals surface area contributed by atoms with Gasteiger partial charge in [-0.15, -0.1) is 0 Å². The van der Waals surface area contributed by atoms with Crippen molar-refractivity contribution in [2.24, 2.45) is 5.92 Å². The third kappa shape index (κ3) is 4.27. The molecule has 100 valence electrons. The minimum atomic E-state index is -0.440. The summed E-state index contributed by atoms with van der Waals surface area (Å²) in [7, 11) is 0. The first kappa shape index (κ1) is 14.9. The van der Waals surface area contributed by atoms with E-state index in [0.29, 0.717) is 10.2 Å². The molecule has 0 radical (unpaired) electrons. The summed E-state index contributed by atoms with van der Waals surface area (Å²) in [5.41, 5.74) is 0.372. The number of urea groups is 1. The van der Waals surface area contributed by atoms with Gasteiger partial charge in [-0.2, -0.15) is 0 Å². The third-order valence-electron chi connectivity index (χ3n) is 2.68. The zero-order chi connectivity index (χ0) is 13.7. The molecular weight excluding hydrogens is 303 g/mol. The number of aliphatic hydroxyl groups is 1. The maximum absolute atomic E-state index is 13.2. The van der Waals surface area contributed by atoms with E-state index in [4.69, 9.17) is 5.11 Å². The van der Waals surface area contributed by atoms with Crippen molar-refractivity contribution in [3.63, 3.8) is 0 Å². The first-order valence-corrected chi connectivity index (χ1v) is 6.36. The van der Waals surface area contributed by atoms with Crippen LogP contribution in [0.3, 0.4) is 0 Å². The predicted molar refractivity (Wildman–Crippen MR) is 72.0 cm³/mol. The van der Waals surface area contributed by atoms with Gasteiger partial charge in [-0.05, 0) is 47.0 Å². The first-order chi connectivity index (χ1) is 8.43. The Labute approximate surface area is 114 Å². The molecule has 1 rings (SSSR count). The highest BCUT2D eigenvalue weighted by atomic mass is 79.9. The summed E-state index contributed by atoms with van der Waals surface area (Å²) < 4.78 is 13.6. The fourth-order valence-corrected chi connectivity index (χ4v) is 1.49. The standard InChI is InChI=1S/C12H16BrFN2O2/c1-7(6-17)8(2)15-12(18)16-9-3-4-10(13)11(14)5-9/h3-5,7-8,17H,6H2,1-2H3,(H2,15,16,18). The van der Waals surface area contributed by atoms with E-state index in [0.717, 1.165) is 0 Å². The van der Waals surface area contributed by atoms with Crippen molar-refractivity contribution in [3.8, 4) is 0 Å². The molecule has 0 aliphatic heterocycles. The number of nitrogens with one attached hydrogen (secondary N) is 2. The number of aliphatic hydroxyl groups excluding tert-OH is 1.